The van der Waals surface area contributed by atoms with Gasteiger partial charge in [0.1, 0.15) is 0 Å². The van der Waals surface area contributed by atoms with Crippen molar-refractivity contribution >= 4 is 11.9 Å². The molecule has 0 saturated carbocycles. The van der Waals surface area contributed by atoms with E-state index < -0.39 is 11.9 Å². The maximum absolute atomic E-state index is 12.2. The lowest BCUT2D eigenvalue weighted by Crippen LogP contribution is -2.57. The Kier molecular flexibility index (Phi) is 4.77. The standard InChI is InChI=1S/C14H25NO3/c1-6-11(8(2)3)15-10(5)13(14(17)18)9(4)7-12(15)16/h8-11,13H,6-7H2,1-5H3,(H,17,18). The van der Waals surface area contributed by atoms with Crippen molar-refractivity contribution in [1.29, 1.82) is 0 Å². The molecule has 18 heavy (non-hydrogen) atoms. The van der Waals surface area contributed by atoms with Gasteiger partial charge in [0, 0.05) is 18.5 Å². The second kappa shape index (κ2) is 5.72. The van der Waals surface area contributed by atoms with Crippen LogP contribution in [0.1, 0.15) is 47.5 Å². The minimum absolute atomic E-state index is 0.0779. The Bertz CT molecular complexity index is 327. The highest BCUT2D eigenvalue weighted by Crippen LogP contribution is 2.33. The summed E-state index contributed by atoms with van der Waals surface area (Å²) >= 11 is 0. The van der Waals surface area contributed by atoms with E-state index in [0.717, 1.165) is 6.42 Å². The van der Waals surface area contributed by atoms with Gasteiger partial charge in [0.15, 0.2) is 0 Å². The van der Waals surface area contributed by atoms with E-state index in [4.69, 9.17) is 0 Å². The molecule has 0 aromatic heterocycles. The molecule has 104 valence electrons. The summed E-state index contributed by atoms with van der Waals surface area (Å²) in [5, 5.41) is 9.34. The van der Waals surface area contributed by atoms with Gasteiger partial charge >= 0.3 is 5.97 Å². The van der Waals surface area contributed by atoms with Crippen molar-refractivity contribution in [2.45, 2.75) is 59.5 Å². The van der Waals surface area contributed by atoms with Crippen LogP contribution in [0.15, 0.2) is 0 Å². The van der Waals surface area contributed by atoms with E-state index in [-0.39, 0.29) is 23.9 Å². The largest absolute Gasteiger partial charge is 0.481 e. The maximum Gasteiger partial charge on any atom is 0.308 e. The van der Waals surface area contributed by atoms with Gasteiger partial charge in [0.2, 0.25) is 5.91 Å². The first-order valence-electron chi connectivity index (χ1n) is 6.85. The van der Waals surface area contributed by atoms with Gasteiger partial charge in [-0.25, -0.2) is 0 Å². The van der Waals surface area contributed by atoms with E-state index in [2.05, 4.69) is 20.8 Å². The number of carbonyl (C=O) groups is 2. The fraction of sp³-hybridized carbons (Fsp3) is 0.857. The molecule has 1 saturated heterocycles. The fourth-order valence-corrected chi connectivity index (χ4v) is 3.31. The van der Waals surface area contributed by atoms with Crippen LogP contribution >= 0.6 is 0 Å². The van der Waals surface area contributed by atoms with Crippen LogP contribution in [0.25, 0.3) is 0 Å². The number of carboxylic acids is 1. The molecule has 1 N–H and O–H groups in total. The third-order valence-electron chi connectivity index (χ3n) is 4.19. The normalized spacial score (nSPS) is 30.7. The average Bonchev–Trinajstić information content (AvgIpc) is 2.22. The topological polar surface area (TPSA) is 57.6 Å². The zero-order valence-electron chi connectivity index (χ0n) is 12.0. The van der Waals surface area contributed by atoms with Gasteiger partial charge in [-0.15, -0.1) is 0 Å². The molecule has 1 rings (SSSR count). The van der Waals surface area contributed by atoms with Crippen LogP contribution in [0.5, 0.6) is 0 Å². The SMILES string of the molecule is CCC(C(C)C)N1C(=O)CC(C)C(C(=O)O)C1C. The summed E-state index contributed by atoms with van der Waals surface area (Å²) in [4.78, 5) is 25.4. The van der Waals surface area contributed by atoms with Crippen LogP contribution in [-0.4, -0.2) is 34.0 Å². The van der Waals surface area contributed by atoms with Gasteiger partial charge in [0.25, 0.3) is 0 Å². The van der Waals surface area contributed by atoms with Crippen molar-refractivity contribution in [2.24, 2.45) is 17.8 Å². The molecule has 0 aliphatic carbocycles. The Balaban J connectivity index is 3.02. The molecular weight excluding hydrogens is 230 g/mol. The number of nitrogens with zero attached hydrogens (tertiary/aromatic N) is 1. The van der Waals surface area contributed by atoms with E-state index >= 15 is 0 Å². The highest BCUT2D eigenvalue weighted by Gasteiger charge is 2.44. The summed E-state index contributed by atoms with van der Waals surface area (Å²) in [5.41, 5.74) is 0. The summed E-state index contributed by atoms with van der Waals surface area (Å²) in [5.74, 6) is -0.857. The van der Waals surface area contributed by atoms with Crippen LogP contribution in [0, 0.1) is 17.8 Å². The Morgan fingerprint density at radius 3 is 2.39 bits per heavy atom. The summed E-state index contributed by atoms with van der Waals surface area (Å²) in [6.45, 7) is 9.96. The first-order valence-corrected chi connectivity index (χ1v) is 6.85. The number of aliphatic carboxylic acids is 1. The van der Waals surface area contributed by atoms with Gasteiger partial charge < -0.3 is 10.0 Å². The average molecular weight is 255 g/mol. The van der Waals surface area contributed by atoms with Crippen LogP contribution in [-0.2, 0) is 9.59 Å². The lowest BCUT2D eigenvalue weighted by Gasteiger charge is -2.46. The van der Waals surface area contributed by atoms with E-state index in [1.807, 2.05) is 18.7 Å². The Morgan fingerprint density at radius 2 is 2.00 bits per heavy atom. The smallest absolute Gasteiger partial charge is 0.308 e. The van der Waals surface area contributed by atoms with Crippen molar-refractivity contribution in [3.63, 3.8) is 0 Å². The van der Waals surface area contributed by atoms with Crippen molar-refractivity contribution in [3.8, 4) is 0 Å². The third-order valence-corrected chi connectivity index (χ3v) is 4.19. The number of hydrogen-bond donors (Lipinski definition) is 1. The molecule has 4 nitrogen and oxygen atoms in total. The van der Waals surface area contributed by atoms with Gasteiger partial charge in [0.05, 0.1) is 5.92 Å². The predicted octanol–water partition coefficient (Wildman–Crippen LogP) is 2.38. The van der Waals surface area contributed by atoms with Gasteiger partial charge in [-0.3, -0.25) is 9.59 Å². The number of piperidine rings is 1. The molecule has 1 heterocycles. The number of rotatable bonds is 4. The molecule has 1 fully saturated rings. The highest BCUT2D eigenvalue weighted by molar-refractivity contribution is 5.82. The van der Waals surface area contributed by atoms with E-state index in [1.165, 1.54) is 0 Å². The number of hydrogen-bond acceptors (Lipinski definition) is 2. The molecule has 1 aliphatic heterocycles. The first kappa shape index (κ1) is 15.0. The van der Waals surface area contributed by atoms with Gasteiger partial charge in [-0.1, -0.05) is 27.7 Å². The fourth-order valence-electron chi connectivity index (χ4n) is 3.31. The van der Waals surface area contributed by atoms with Crippen LogP contribution in [0.3, 0.4) is 0 Å². The Hall–Kier alpha value is -1.06. The molecule has 4 unspecified atom stereocenters. The molecule has 0 radical (unpaired) electrons. The van der Waals surface area contributed by atoms with Crippen molar-refractivity contribution in [2.75, 3.05) is 0 Å². The second-order valence-electron chi connectivity index (χ2n) is 5.81. The molecule has 1 aliphatic rings. The summed E-state index contributed by atoms with van der Waals surface area (Å²) < 4.78 is 0. The molecule has 0 aromatic rings. The lowest BCUT2D eigenvalue weighted by atomic mass is 9.79. The van der Waals surface area contributed by atoms with E-state index in [1.54, 1.807) is 0 Å². The number of carboxylic acid groups (broad SMARTS) is 1. The molecule has 0 spiro atoms. The number of amides is 1. The predicted molar refractivity (Wildman–Crippen MR) is 70.1 cm³/mol. The minimum atomic E-state index is -0.786. The molecule has 4 heteroatoms. The van der Waals surface area contributed by atoms with Crippen LogP contribution in [0.4, 0.5) is 0 Å². The third kappa shape index (κ3) is 2.68. The summed E-state index contributed by atoms with van der Waals surface area (Å²) in [6, 6.07) is -0.0760. The van der Waals surface area contributed by atoms with E-state index in [0.29, 0.717) is 12.3 Å². The quantitative estimate of drug-likeness (QED) is 0.839. The summed E-state index contributed by atoms with van der Waals surface area (Å²) in [6.07, 6.45) is 1.22. The molecular formula is C14H25NO3. The Labute approximate surface area is 109 Å². The number of carbonyl (C=O) groups excluding carboxylic acids is 1. The monoisotopic (exact) mass is 255 g/mol. The first-order chi connectivity index (χ1) is 8.31. The number of likely N-dealkylation sites (tertiary alicyclic amines) is 1. The zero-order valence-corrected chi connectivity index (χ0v) is 12.0. The minimum Gasteiger partial charge on any atom is -0.481 e. The molecule has 0 aromatic carbocycles. The van der Waals surface area contributed by atoms with Crippen molar-refractivity contribution in [1.82, 2.24) is 4.90 Å². The van der Waals surface area contributed by atoms with Crippen molar-refractivity contribution < 1.29 is 14.7 Å². The molecule has 0 bridgehead atoms. The maximum atomic E-state index is 12.2. The zero-order chi connectivity index (χ0) is 14.0. The van der Waals surface area contributed by atoms with Gasteiger partial charge in [-0.05, 0) is 25.2 Å². The second-order valence-corrected chi connectivity index (χ2v) is 5.81. The van der Waals surface area contributed by atoms with Gasteiger partial charge in [-0.2, -0.15) is 0 Å². The van der Waals surface area contributed by atoms with E-state index in [9.17, 15) is 14.7 Å². The van der Waals surface area contributed by atoms with Crippen LogP contribution < -0.4 is 0 Å². The van der Waals surface area contributed by atoms with Crippen LogP contribution in [0.2, 0.25) is 0 Å². The molecule has 1 amide bonds. The lowest BCUT2D eigenvalue weighted by molar-refractivity contribution is -0.158. The Morgan fingerprint density at radius 1 is 1.44 bits per heavy atom. The highest BCUT2D eigenvalue weighted by atomic mass is 16.4. The summed E-state index contributed by atoms with van der Waals surface area (Å²) in [7, 11) is 0. The van der Waals surface area contributed by atoms with Crippen molar-refractivity contribution in [3.05, 3.63) is 0 Å². The molecule has 4 atom stereocenters.